The normalized spacial score (nSPS) is 49.8. The maximum absolute atomic E-state index is 12.0. The summed E-state index contributed by atoms with van der Waals surface area (Å²) in [6, 6.07) is 0. The number of Topliss-reactive ketones (excluding diaryl/α,β-unsaturated/α-hetero) is 1. The largest absolute Gasteiger partial charge is 0.372 e. The predicted molar refractivity (Wildman–Crippen MR) is 94.7 cm³/mol. The molecule has 2 aliphatic heterocycles. The van der Waals surface area contributed by atoms with Crippen molar-refractivity contribution in [1.82, 2.24) is 0 Å². The summed E-state index contributed by atoms with van der Waals surface area (Å²) in [5.41, 5.74) is 0. The van der Waals surface area contributed by atoms with E-state index in [1.54, 1.807) is 6.92 Å². The Labute approximate surface area is 147 Å². The minimum absolute atomic E-state index is 0.0156. The van der Waals surface area contributed by atoms with E-state index in [-0.39, 0.29) is 48.3 Å². The van der Waals surface area contributed by atoms with Gasteiger partial charge >= 0.3 is 0 Å². The molecule has 2 rings (SSSR count). The van der Waals surface area contributed by atoms with E-state index >= 15 is 0 Å². The van der Waals surface area contributed by atoms with Gasteiger partial charge in [0.25, 0.3) is 0 Å². The Kier molecular flexibility index (Phi) is 6.49. The summed E-state index contributed by atoms with van der Waals surface area (Å²) in [7, 11) is 0. The van der Waals surface area contributed by atoms with Crippen molar-refractivity contribution in [2.75, 3.05) is 0 Å². The van der Waals surface area contributed by atoms with Crippen molar-refractivity contribution >= 4 is 5.78 Å². The maximum atomic E-state index is 12.0. The van der Waals surface area contributed by atoms with Crippen LogP contribution in [0.1, 0.15) is 61.8 Å². The summed E-state index contributed by atoms with van der Waals surface area (Å²) in [4.78, 5) is 12.0. The lowest BCUT2D eigenvalue weighted by Crippen LogP contribution is -2.54. The zero-order valence-electron chi connectivity index (χ0n) is 16.6. The first-order chi connectivity index (χ1) is 11.2. The molecule has 24 heavy (non-hydrogen) atoms. The van der Waals surface area contributed by atoms with Crippen molar-refractivity contribution < 1.29 is 19.0 Å². The molecule has 0 radical (unpaired) electrons. The molecule has 2 saturated heterocycles. The van der Waals surface area contributed by atoms with Crippen LogP contribution >= 0.6 is 0 Å². The van der Waals surface area contributed by atoms with Crippen LogP contribution in [-0.2, 0) is 19.0 Å². The summed E-state index contributed by atoms with van der Waals surface area (Å²) in [5.74, 6) is 1.80. The fraction of sp³-hybridized carbons (Fsp3) is 0.950. The zero-order valence-corrected chi connectivity index (χ0v) is 16.6. The van der Waals surface area contributed by atoms with E-state index in [2.05, 4.69) is 48.5 Å². The number of hydrogen-bond donors (Lipinski definition) is 0. The Hall–Kier alpha value is -0.450. The first-order valence-electron chi connectivity index (χ1n) is 9.65. The molecule has 2 heterocycles. The van der Waals surface area contributed by atoms with E-state index in [0.29, 0.717) is 17.8 Å². The Balaban J connectivity index is 2.16. The molecule has 0 amide bonds. The molecule has 0 bridgehead atoms. The van der Waals surface area contributed by atoms with Crippen molar-refractivity contribution in [3.05, 3.63) is 0 Å². The number of hydrogen-bond acceptors (Lipinski definition) is 4. The van der Waals surface area contributed by atoms with Gasteiger partial charge < -0.3 is 14.2 Å². The smallest absolute Gasteiger partial charge is 0.161 e. The lowest BCUT2D eigenvalue weighted by Gasteiger charge is -2.48. The molecular weight excluding hydrogens is 304 g/mol. The van der Waals surface area contributed by atoms with Crippen molar-refractivity contribution in [2.24, 2.45) is 29.6 Å². The second-order valence-electron chi connectivity index (χ2n) is 8.22. The highest BCUT2D eigenvalue weighted by molar-refractivity contribution is 5.80. The standard InChI is InChI=1S/C20H36O4/c1-9-17-19(13(5)11(3)16(8)22-17)24-20-14(6)10(2)12(4)18(23-20)15(7)21/h10-14,16-20H,9H2,1-8H3/t10-,11+,12-,13?,14?,16?,17?,18?,19+,20-/m0/s1. The van der Waals surface area contributed by atoms with Crippen LogP contribution in [0.4, 0.5) is 0 Å². The SMILES string of the molecule is CCC1OC(C)[C@H](C)C(C)[C@H]1O[C@@H]1OC(C(C)=O)[C@@H](C)[C@H](C)C1C. The molecule has 0 saturated carbocycles. The summed E-state index contributed by atoms with van der Waals surface area (Å²) in [6.45, 7) is 16.9. The van der Waals surface area contributed by atoms with Gasteiger partial charge in [0.15, 0.2) is 12.1 Å². The molecule has 5 unspecified atom stereocenters. The van der Waals surface area contributed by atoms with Crippen LogP contribution in [0, 0.1) is 29.6 Å². The van der Waals surface area contributed by atoms with Crippen molar-refractivity contribution in [1.29, 1.82) is 0 Å². The molecule has 0 aliphatic carbocycles. The maximum Gasteiger partial charge on any atom is 0.161 e. The number of ether oxygens (including phenoxy) is 3. The van der Waals surface area contributed by atoms with Crippen molar-refractivity contribution in [2.45, 2.75) is 92.5 Å². The first kappa shape index (κ1) is 19.9. The topological polar surface area (TPSA) is 44.8 Å². The highest BCUT2D eigenvalue weighted by atomic mass is 16.7. The fourth-order valence-electron chi connectivity index (χ4n) is 4.25. The van der Waals surface area contributed by atoms with Gasteiger partial charge in [0.05, 0.1) is 18.3 Å². The summed E-state index contributed by atoms with van der Waals surface area (Å²) in [6.07, 6.45) is 0.580. The lowest BCUT2D eigenvalue weighted by atomic mass is 9.77. The number of rotatable bonds is 4. The van der Waals surface area contributed by atoms with Gasteiger partial charge in [-0.05, 0) is 43.9 Å². The second-order valence-corrected chi connectivity index (χ2v) is 8.22. The minimum atomic E-state index is -0.363. The summed E-state index contributed by atoms with van der Waals surface area (Å²) < 4.78 is 18.8. The van der Waals surface area contributed by atoms with Gasteiger partial charge in [-0.25, -0.2) is 0 Å². The third kappa shape index (κ3) is 3.71. The molecule has 4 heteroatoms. The molecule has 2 aliphatic rings. The molecule has 140 valence electrons. The highest BCUT2D eigenvalue weighted by Crippen LogP contribution is 2.40. The van der Waals surface area contributed by atoms with Gasteiger partial charge in [0.2, 0.25) is 0 Å². The van der Waals surface area contributed by atoms with E-state index in [1.807, 2.05) is 0 Å². The molecular formula is C20H36O4. The van der Waals surface area contributed by atoms with Crippen LogP contribution in [0.2, 0.25) is 0 Å². The Bertz CT molecular complexity index is 435. The van der Waals surface area contributed by atoms with Gasteiger partial charge in [-0.1, -0.05) is 41.5 Å². The van der Waals surface area contributed by atoms with Gasteiger partial charge in [-0.15, -0.1) is 0 Å². The molecule has 4 nitrogen and oxygen atoms in total. The van der Waals surface area contributed by atoms with E-state index in [0.717, 1.165) is 6.42 Å². The second kappa shape index (κ2) is 7.84. The fourth-order valence-corrected chi connectivity index (χ4v) is 4.25. The number of carbonyl (C=O) groups excluding carboxylic acids is 1. The Morgan fingerprint density at radius 1 is 0.875 bits per heavy atom. The predicted octanol–water partition coefficient (Wildman–Crippen LogP) is 4.06. The van der Waals surface area contributed by atoms with Crippen molar-refractivity contribution in [3.8, 4) is 0 Å². The van der Waals surface area contributed by atoms with Crippen LogP contribution < -0.4 is 0 Å². The highest BCUT2D eigenvalue weighted by Gasteiger charge is 2.46. The van der Waals surface area contributed by atoms with E-state index in [9.17, 15) is 4.79 Å². The zero-order chi connectivity index (χ0) is 18.2. The van der Waals surface area contributed by atoms with Crippen LogP contribution in [-0.4, -0.2) is 36.5 Å². The van der Waals surface area contributed by atoms with E-state index in [4.69, 9.17) is 14.2 Å². The molecule has 0 aromatic carbocycles. The number of ketones is 1. The third-order valence-electron chi connectivity index (χ3n) is 6.78. The number of carbonyl (C=O) groups is 1. The molecule has 0 aromatic rings. The average Bonchev–Trinajstić information content (AvgIpc) is 2.54. The van der Waals surface area contributed by atoms with E-state index < -0.39 is 0 Å². The molecule has 0 aromatic heterocycles. The average molecular weight is 341 g/mol. The quantitative estimate of drug-likeness (QED) is 0.774. The summed E-state index contributed by atoms with van der Waals surface area (Å²) >= 11 is 0. The third-order valence-corrected chi connectivity index (χ3v) is 6.78. The molecule has 2 fully saturated rings. The van der Waals surface area contributed by atoms with Crippen LogP contribution in [0.15, 0.2) is 0 Å². The van der Waals surface area contributed by atoms with Crippen LogP contribution in [0.5, 0.6) is 0 Å². The van der Waals surface area contributed by atoms with Crippen LogP contribution in [0.3, 0.4) is 0 Å². The Morgan fingerprint density at radius 2 is 1.50 bits per heavy atom. The van der Waals surface area contributed by atoms with Gasteiger partial charge in [-0.2, -0.15) is 0 Å². The van der Waals surface area contributed by atoms with Crippen molar-refractivity contribution in [3.63, 3.8) is 0 Å². The summed E-state index contributed by atoms with van der Waals surface area (Å²) in [5, 5.41) is 0. The first-order valence-corrected chi connectivity index (χ1v) is 9.65. The molecule has 10 atom stereocenters. The van der Waals surface area contributed by atoms with Gasteiger partial charge in [-0.3, -0.25) is 4.79 Å². The van der Waals surface area contributed by atoms with Crippen LogP contribution in [0.25, 0.3) is 0 Å². The lowest BCUT2D eigenvalue weighted by molar-refractivity contribution is -0.294. The monoisotopic (exact) mass is 340 g/mol. The molecule has 0 spiro atoms. The Morgan fingerprint density at radius 3 is 2.04 bits per heavy atom. The van der Waals surface area contributed by atoms with Gasteiger partial charge in [0.1, 0.15) is 6.10 Å². The van der Waals surface area contributed by atoms with E-state index in [1.165, 1.54) is 0 Å². The molecule has 0 N–H and O–H groups in total. The minimum Gasteiger partial charge on any atom is -0.372 e. The van der Waals surface area contributed by atoms with Gasteiger partial charge in [0, 0.05) is 5.92 Å².